The van der Waals surface area contributed by atoms with E-state index < -0.39 is 0 Å². The first-order chi connectivity index (χ1) is 11.5. The van der Waals surface area contributed by atoms with Gasteiger partial charge in [-0.25, -0.2) is 9.67 Å². The second kappa shape index (κ2) is 6.70. The molecule has 124 valence electrons. The van der Waals surface area contributed by atoms with Crippen LogP contribution < -0.4 is 5.32 Å². The summed E-state index contributed by atoms with van der Waals surface area (Å²) in [5, 5.41) is 7.32. The lowest BCUT2D eigenvalue weighted by molar-refractivity contribution is -0.116. The average Bonchev–Trinajstić information content (AvgIpc) is 3.12. The van der Waals surface area contributed by atoms with Crippen LogP contribution in [0, 0.1) is 20.8 Å². The minimum atomic E-state index is -0.0717. The number of amides is 1. The molecule has 0 saturated carbocycles. The molecule has 6 nitrogen and oxygen atoms in total. The molecule has 0 aliphatic carbocycles. The van der Waals surface area contributed by atoms with Crippen molar-refractivity contribution in [3.8, 4) is 5.69 Å². The second-order valence-electron chi connectivity index (χ2n) is 5.98. The van der Waals surface area contributed by atoms with Gasteiger partial charge < -0.3 is 10.3 Å². The van der Waals surface area contributed by atoms with Crippen molar-refractivity contribution in [1.29, 1.82) is 0 Å². The molecule has 1 aromatic carbocycles. The molecule has 2 N–H and O–H groups in total. The summed E-state index contributed by atoms with van der Waals surface area (Å²) in [6, 6.07) is 9.98. The number of aromatic nitrogens is 4. The molecule has 3 rings (SSSR count). The smallest absolute Gasteiger partial charge is 0.226 e. The molecule has 0 aliphatic rings. The highest BCUT2D eigenvalue weighted by atomic mass is 16.1. The quantitative estimate of drug-likeness (QED) is 0.757. The Bertz CT molecular complexity index is 845. The first-order valence-electron chi connectivity index (χ1n) is 7.95. The maximum Gasteiger partial charge on any atom is 0.226 e. The molecular weight excluding hydrogens is 302 g/mol. The van der Waals surface area contributed by atoms with Crippen LogP contribution in [0.2, 0.25) is 0 Å². The number of hydrogen-bond acceptors (Lipinski definition) is 3. The minimum absolute atomic E-state index is 0.0717. The van der Waals surface area contributed by atoms with Crippen molar-refractivity contribution in [3.63, 3.8) is 0 Å². The highest BCUT2D eigenvalue weighted by molar-refractivity contribution is 5.89. The van der Waals surface area contributed by atoms with E-state index in [1.807, 2.05) is 55.8 Å². The summed E-state index contributed by atoms with van der Waals surface area (Å²) in [7, 11) is 0. The molecule has 0 bridgehead atoms. The van der Waals surface area contributed by atoms with E-state index in [0.717, 1.165) is 22.9 Å². The van der Waals surface area contributed by atoms with Crippen LogP contribution in [-0.4, -0.2) is 25.7 Å². The van der Waals surface area contributed by atoms with Gasteiger partial charge in [0.25, 0.3) is 0 Å². The highest BCUT2D eigenvalue weighted by Crippen LogP contribution is 2.16. The lowest BCUT2D eigenvalue weighted by Crippen LogP contribution is -2.13. The number of carbonyl (C=O) groups excluding carboxylic acids is 1. The Morgan fingerprint density at radius 1 is 1.21 bits per heavy atom. The van der Waals surface area contributed by atoms with E-state index in [9.17, 15) is 4.79 Å². The summed E-state index contributed by atoms with van der Waals surface area (Å²) in [4.78, 5) is 19.4. The molecule has 0 fully saturated rings. The van der Waals surface area contributed by atoms with E-state index in [0.29, 0.717) is 18.7 Å². The number of nitrogens with one attached hydrogen (secondary N) is 2. The number of rotatable bonds is 5. The summed E-state index contributed by atoms with van der Waals surface area (Å²) in [6.45, 7) is 5.96. The van der Waals surface area contributed by atoms with Crippen LogP contribution in [0.25, 0.3) is 5.69 Å². The fourth-order valence-electron chi connectivity index (χ4n) is 2.51. The zero-order valence-electron chi connectivity index (χ0n) is 14.1. The van der Waals surface area contributed by atoms with Crippen LogP contribution in [0.3, 0.4) is 0 Å². The Morgan fingerprint density at radius 2 is 1.96 bits per heavy atom. The molecule has 6 heteroatoms. The van der Waals surface area contributed by atoms with Gasteiger partial charge in [-0.1, -0.05) is 17.7 Å². The third-order valence-electron chi connectivity index (χ3n) is 3.78. The largest absolute Gasteiger partial charge is 0.346 e. The zero-order valence-corrected chi connectivity index (χ0v) is 14.1. The first-order valence-corrected chi connectivity index (χ1v) is 7.95. The van der Waals surface area contributed by atoms with Gasteiger partial charge in [0.1, 0.15) is 5.82 Å². The molecule has 1 amide bonds. The second-order valence-corrected chi connectivity index (χ2v) is 5.98. The van der Waals surface area contributed by atoms with Crippen molar-refractivity contribution in [3.05, 3.63) is 59.3 Å². The van der Waals surface area contributed by atoms with Gasteiger partial charge in [0.15, 0.2) is 5.82 Å². The fourth-order valence-corrected chi connectivity index (χ4v) is 2.51. The molecule has 3 aromatic rings. The number of anilines is 1. The number of hydrogen-bond donors (Lipinski definition) is 2. The maximum absolute atomic E-state index is 12.1. The van der Waals surface area contributed by atoms with Gasteiger partial charge in [0.2, 0.25) is 5.91 Å². The molecule has 0 aliphatic heterocycles. The Hall–Kier alpha value is -2.89. The van der Waals surface area contributed by atoms with Gasteiger partial charge in [0, 0.05) is 36.5 Å². The Labute approximate surface area is 140 Å². The first kappa shape index (κ1) is 16.0. The Morgan fingerprint density at radius 3 is 2.62 bits per heavy atom. The van der Waals surface area contributed by atoms with E-state index in [-0.39, 0.29) is 5.91 Å². The van der Waals surface area contributed by atoms with Gasteiger partial charge in [-0.05, 0) is 32.9 Å². The van der Waals surface area contributed by atoms with Crippen LogP contribution in [-0.2, 0) is 11.2 Å². The third kappa shape index (κ3) is 3.71. The summed E-state index contributed by atoms with van der Waals surface area (Å²) in [5.74, 6) is 1.32. The molecule has 0 radical (unpaired) electrons. The maximum atomic E-state index is 12.1. The molecule has 0 spiro atoms. The zero-order chi connectivity index (χ0) is 17.1. The van der Waals surface area contributed by atoms with Crippen molar-refractivity contribution in [2.45, 2.75) is 33.6 Å². The Kier molecular flexibility index (Phi) is 4.46. The molecule has 0 saturated heterocycles. The molecule has 0 unspecified atom stereocenters. The van der Waals surface area contributed by atoms with Gasteiger partial charge in [-0.2, -0.15) is 0 Å². The number of imidazole rings is 1. The molecule has 2 heterocycles. The number of aromatic amines is 1. The number of aryl methyl sites for hydroxylation is 4. The topological polar surface area (TPSA) is 75.6 Å². The van der Waals surface area contributed by atoms with Crippen molar-refractivity contribution in [2.24, 2.45) is 0 Å². The van der Waals surface area contributed by atoms with Crippen LogP contribution in [0.1, 0.15) is 29.2 Å². The molecule has 2 aromatic heterocycles. The van der Waals surface area contributed by atoms with Crippen LogP contribution >= 0.6 is 0 Å². The predicted octanol–water partition coefficient (Wildman–Crippen LogP) is 3.09. The van der Waals surface area contributed by atoms with Gasteiger partial charge in [-0.3, -0.25) is 4.79 Å². The summed E-state index contributed by atoms with van der Waals surface area (Å²) >= 11 is 0. The number of benzene rings is 1. The van der Waals surface area contributed by atoms with E-state index in [2.05, 4.69) is 20.4 Å². The van der Waals surface area contributed by atoms with E-state index in [4.69, 9.17) is 0 Å². The minimum Gasteiger partial charge on any atom is -0.346 e. The van der Waals surface area contributed by atoms with E-state index in [1.165, 1.54) is 5.56 Å². The van der Waals surface area contributed by atoms with Crippen molar-refractivity contribution >= 4 is 11.7 Å². The predicted molar refractivity (Wildman–Crippen MR) is 93.3 cm³/mol. The third-order valence-corrected chi connectivity index (χ3v) is 3.78. The normalized spacial score (nSPS) is 10.8. The fraction of sp³-hybridized carbons (Fsp3) is 0.278. The number of carbonyl (C=O) groups is 1. The lowest BCUT2D eigenvalue weighted by Gasteiger charge is -2.04. The monoisotopic (exact) mass is 323 g/mol. The molecule has 24 heavy (non-hydrogen) atoms. The Balaban J connectivity index is 1.64. The summed E-state index contributed by atoms with van der Waals surface area (Å²) in [6.07, 6.45) is 2.71. The molecular formula is C18H21N5O. The summed E-state index contributed by atoms with van der Waals surface area (Å²) in [5.41, 5.74) is 4.14. The van der Waals surface area contributed by atoms with Gasteiger partial charge in [-0.15, -0.1) is 5.10 Å². The SMILES string of the molecule is Cc1ccc(-n2nc(NC(=O)CCc3ncc(C)[nH]3)cc2C)cc1. The van der Waals surface area contributed by atoms with Gasteiger partial charge in [0.05, 0.1) is 5.69 Å². The van der Waals surface area contributed by atoms with Crippen LogP contribution in [0.15, 0.2) is 36.5 Å². The van der Waals surface area contributed by atoms with Crippen molar-refractivity contribution in [1.82, 2.24) is 19.7 Å². The standard InChI is InChI=1S/C18H21N5O/c1-12-4-6-15(7-5-12)23-14(3)10-17(22-23)21-18(24)9-8-16-19-11-13(2)20-16/h4-7,10-11H,8-9H2,1-3H3,(H,19,20)(H,21,22,24). The highest BCUT2D eigenvalue weighted by Gasteiger charge is 2.10. The molecule has 0 atom stereocenters. The number of H-pyrrole nitrogens is 1. The van der Waals surface area contributed by atoms with E-state index >= 15 is 0 Å². The van der Waals surface area contributed by atoms with Gasteiger partial charge >= 0.3 is 0 Å². The van der Waals surface area contributed by atoms with Crippen molar-refractivity contribution in [2.75, 3.05) is 5.32 Å². The average molecular weight is 323 g/mol. The number of nitrogens with zero attached hydrogens (tertiary/aromatic N) is 3. The van der Waals surface area contributed by atoms with Crippen LogP contribution in [0.4, 0.5) is 5.82 Å². The van der Waals surface area contributed by atoms with Crippen LogP contribution in [0.5, 0.6) is 0 Å². The van der Waals surface area contributed by atoms with E-state index in [1.54, 1.807) is 6.20 Å². The lowest BCUT2D eigenvalue weighted by atomic mass is 10.2. The summed E-state index contributed by atoms with van der Waals surface area (Å²) < 4.78 is 1.82. The van der Waals surface area contributed by atoms with Crippen molar-refractivity contribution < 1.29 is 4.79 Å².